The van der Waals surface area contributed by atoms with Gasteiger partial charge >= 0.3 is 6.09 Å². The third-order valence-electron chi connectivity index (χ3n) is 7.39. The molecule has 3 heterocycles. The Bertz CT molecular complexity index is 1160. The van der Waals surface area contributed by atoms with Crippen LogP contribution in [0.2, 0.25) is 0 Å². The zero-order chi connectivity index (χ0) is 24.7. The molecule has 2 atom stereocenters. The minimum Gasteiger partial charge on any atom is -0.444 e. The van der Waals surface area contributed by atoms with Gasteiger partial charge in [-0.05, 0) is 69.7 Å². The highest BCUT2D eigenvalue weighted by atomic mass is 19.1. The molecular weight excluding hydrogens is 447 g/mol. The summed E-state index contributed by atoms with van der Waals surface area (Å²) in [6.07, 6.45) is 7.30. The van der Waals surface area contributed by atoms with Crippen molar-refractivity contribution in [3.8, 4) is 0 Å². The average Bonchev–Trinajstić information content (AvgIpc) is 3.51. The molecular formula is C27H35FN4O3. The SMILES string of the molecule is CC(C)(C)OC(=O)NC(C(=O)N1CCC2NCC(c3c[nH]c4cc(F)ccc34)=C21)C1CCCCC1. The van der Waals surface area contributed by atoms with Crippen molar-refractivity contribution in [2.45, 2.75) is 77.0 Å². The molecule has 0 bridgehead atoms. The van der Waals surface area contributed by atoms with E-state index in [4.69, 9.17) is 4.74 Å². The predicted molar refractivity (Wildman–Crippen MR) is 133 cm³/mol. The fourth-order valence-corrected chi connectivity index (χ4v) is 5.85. The average molecular weight is 483 g/mol. The molecule has 35 heavy (non-hydrogen) atoms. The van der Waals surface area contributed by atoms with Crippen molar-refractivity contribution in [3.63, 3.8) is 0 Å². The lowest BCUT2D eigenvalue weighted by molar-refractivity contribution is -0.132. The maximum absolute atomic E-state index is 14.0. The first-order valence-corrected chi connectivity index (χ1v) is 12.8. The molecule has 188 valence electrons. The summed E-state index contributed by atoms with van der Waals surface area (Å²) in [7, 11) is 0. The first kappa shape index (κ1) is 23.9. The summed E-state index contributed by atoms with van der Waals surface area (Å²) >= 11 is 0. The van der Waals surface area contributed by atoms with Gasteiger partial charge in [0.1, 0.15) is 17.5 Å². The second-order valence-electron chi connectivity index (χ2n) is 11.0. The van der Waals surface area contributed by atoms with Crippen molar-refractivity contribution >= 4 is 28.5 Å². The van der Waals surface area contributed by atoms with E-state index >= 15 is 0 Å². The number of ether oxygens (including phenoxy) is 1. The molecule has 2 fully saturated rings. The fourth-order valence-electron chi connectivity index (χ4n) is 5.85. The number of alkyl carbamates (subject to hydrolysis) is 1. The number of rotatable bonds is 4. The zero-order valence-electron chi connectivity index (χ0n) is 20.7. The zero-order valence-corrected chi connectivity index (χ0v) is 20.7. The Morgan fingerprint density at radius 1 is 1.17 bits per heavy atom. The maximum atomic E-state index is 14.0. The minimum atomic E-state index is -0.636. The molecule has 2 aromatic rings. The molecule has 7 nitrogen and oxygen atoms in total. The summed E-state index contributed by atoms with van der Waals surface area (Å²) in [6.45, 7) is 6.71. The van der Waals surface area contributed by atoms with Gasteiger partial charge in [-0.15, -0.1) is 0 Å². The van der Waals surface area contributed by atoms with Crippen LogP contribution < -0.4 is 10.6 Å². The highest BCUT2D eigenvalue weighted by Crippen LogP contribution is 2.38. The number of amides is 2. The van der Waals surface area contributed by atoms with Crippen LogP contribution in [0.3, 0.4) is 0 Å². The van der Waals surface area contributed by atoms with E-state index in [1.807, 2.05) is 31.9 Å². The van der Waals surface area contributed by atoms with E-state index in [2.05, 4.69) is 15.6 Å². The summed E-state index contributed by atoms with van der Waals surface area (Å²) in [5.74, 6) is -0.253. The Labute approximate surface area is 205 Å². The van der Waals surface area contributed by atoms with E-state index < -0.39 is 17.7 Å². The third-order valence-corrected chi connectivity index (χ3v) is 7.39. The van der Waals surface area contributed by atoms with Crippen molar-refractivity contribution in [1.82, 2.24) is 20.5 Å². The molecule has 1 aromatic carbocycles. The lowest BCUT2D eigenvalue weighted by atomic mass is 9.83. The number of fused-ring (bicyclic) bond motifs is 2. The van der Waals surface area contributed by atoms with Crippen LogP contribution in [0.25, 0.3) is 16.5 Å². The van der Waals surface area contributed by atoms with Gasteiger partial charge in [0.05, 0.1) is 0 Å². The van der Waals surface area contributed by atoms with Crippen LogP contribution in [0, 0.1) is 11.7 Å². The molecule has 1 saturated heterocycles. The van der Waals surface area contributed by atoms with Crippen LogP contribution in [-0.4, -0.2) is 52.7 Å². The van der Waals surface area contributed by atoms with Gasteiger partial charge < -0.3 is 25.3 Å². The number of carbonyl (C=O) groups is 2. The molecule has 0 radical (unpaired) electrons. The van der Waals surface area contributed by atoms with Gasteiger partial charge in [0.15, 0.2) is 0 Å². The van der Waals surface area contributed by atoms with Crippen molar-refractivity contribution in [3.05, 3.63) is 41.5 Å². The highest BCUT2D eigenvalue weighted by Gasteiger charge is 2.43. The molecule has 3 aliphatic rings. The number of H-pyrrole nitrogens is 1. The number of carbonyl (C=O) groups excluding carboxylic acids is 2. The smallest absolute Gasteiger partial charge is 0.408 e. The van der Waals surface area contributed by atoms with E-state index in [1.54, 1.807) is 6.07 Å². The summed E-state index contributed by atoms with van der Waals surface area (Å²) in [5, 5.41) is 7.42. The summed E-state index contributed by atoms with van der Waals surface area (Å²) in [6, 6.07) is 4.22. The molecule has 0 spiro atoms. The van der Waals surface area contributed by atoms with Gasteiger partial charge in [-0.2, -0.15) is 0 Å². The van der Waals surface area contributed by atoms with Crippen LogP contribution in [0.15, 0.2) is 30.1 Å². The van der Waals surface area contributed by atoms with Crippen molar-refractivity contribution in [2.75, 3.05) is 13.1 Å². The van der Waals surface area contributed by atoms with Crippen molar-refractivity contribution in [2.24, 2.45) is 5.92 Å². The summed E-state index contributed by atoms with van der Waals surface area (Å²) in [5.41, 5.74) is 3.12. The highest BCUT2D eigenvalue weighted by molar-refractivity contribution is 5.96. The maximum Gasteiger partial charge on any atom is 0.408 e. The van der Waals surface area contributed by atoms with E-state index in [0.29, 0.717) is 13.1 Å². The minimum absolute atomic E-state index is 0.0626. The fraction of sp³-hybridized carbons (Fsp3) is 0.556. The van der Waals surface area contributed by atoms with Gasteiger partial charge in [0.2, 0.25) is 5.91 Å². The lowest BCUT2D eigenvalue weighted by Crippen LogP contribution is -2.52. The Balaban J connectivity index is 1.47. The Morgan fingerprint density at radius 2 is 1.94 bits per heavy atom. The summed E-state index contributed by atoms with van der Waals surface area (Å²) in [4.78, 5) is 31.8. The predicted octanol–water partition coefficient (Wildman–Crippen LogP) is 4.70. The first-order valence-electron chi connectivity index (χ1n) is 12.8. The number of nitrogens with zero attached hydrogens (tertiary/aromatic N) is 1. The first-order chi connectivity index (χ1) is 16.7. The van der Waals surface area contributed by atoms with Crippen LogP contribution in [0.5, 0.6) is 0 Å². The van der Waals surface area contributed by atoms with Crippen molar-refractivity contribution in [1.29, 1.82) is 0 Å². The number of hydrogen-bond donors (Lipinski definition) is 3. The van der Waals surface area contributed by atoms with E-state index in [1.165, 1.54) is 12.1 Å². The summed E-state index contributed by atoms with van der Waals surface area (Å²) < 4.78 is 19.3. The number of halogens is 1. The molecule has 8 heteroatoms. The largest absolute Gasteiger partial charge is 0.444 e. The van der Waals surface area contributed by atoms with Gasteiger partial charge in [0, 0.05) is 47.5 Å². The van der Waals surface area contributed by atoms with E-state index in [-0.39, 0.29) is 23.7 Å². The quantitative estimate of drug-likeness (QED) is 0.590. The van der Waals surface area contributed by atoms with Gasteiger partial charge in [-0.25, -0.2) is 9.18 Å². The van der Waals surface area contributed by atoms with Crippen LogP contribution in [0.1, 0.15) is 64.9 Å². The monoisotopic (exact) mass is 482 g/mol. The lowest BCUT2D eigenvalue weighted by Gasteiger charge is -2.34. The molecule has 1 aliphatic carbocycles. The Hall–Kier alpha value is -2.87. The van der Waals surface area contributed by atoms with Gasteiger partial charge in [-0.1, -0.05) is 19.3 Å². The molecule has 2 unspecified atom stereocenters. The van der Waals surface area contributed by atoms with Gasteiger partial charge in [0.25, 0.3) is 0 Å². The Morgan fingerprint density at radius 3 is 2.69 bits per heavy atom. The molecule has 2 aliphatic heterocycles. The molecule has 2 amide bonds. The van der Waals surface area contributed by atoms with Crippen molar-refractivity contribution < 1.29 is 18.7 Å². The molecule has 3 N–H and O–H groups in total. The molecule has 5 rings (SSSR count). The normalized spacial score (nSPS) is 21.9. The topological polar surface area (TPSA) is 86.5 Å². The van der Waals surface area contributed by atoms with Crippen LogP contribution in [0.4, 0.5) is 9.18 Å². The second-order valence-corrected chi connectivity index (χ2v) is 11.0. The third kappa shape index (κ3) is 4.81. The number of nitrogens with one attached hydrogen (secondary N) is 3. The van der Waals surface area contributed by atoms with Gasteiger partial charge in [-0.3, -0.25) is 4.79 Å². The second kappa shape index (κ2) is 9.30. The standard InChI is InChI=1S/C27H35FN4O3/c1-27(2,3)35-26(34)31-23(16-7-5-4-6-8-16)25(33)32-12-11-21-24(32)20(15-29-21)19-14-30-22-13-17(28)9-10-18(19)22/h9-10,13-14,16,21,23,29-30H,4-8,11-12,15H2,1-3H3,(H,31,34). The van der Waals surface area contributed by atoms with Crippen LogP contribution in [-0.2, 0) is 9.53 Å². The molecule has 1 aromatic heterocycles. The number of hydrogen-bond acceptors (Lipinski definition) is 4. The van der Waals surface area contributed by atoms with E-state index in [9.17, 15) is 14.0 Å². The number of likely N-dealkylation sites (tertiary alicyclic amines) is 1. The number of aromatic nitrogens is 1. The van der Waals surface area contributed by atoms with E-state index in [0.717, 1.165) is 66.3 Å². The number of benzene rings is 1. The number of aromatic amines is 1. The van der Waals surface area contributed by atoms with Crippen LogP contribution >= 0.6 is 0 Å². The Kier molecular flexibility index (Phi) is 6.34. The molecule has 1 saturated carbocycles.